The molecule has 7 heteroatoms. The van der Waals surface area contributed by atoms with E-state index in [1.807, 2.05) is 41.8 Å². The summed E-state index contributed by atoms with van der Waals surface area (Å²) in [7, 11) is 0. The van der Waals surface area contributed by atoms with Crippen LogP contribution in [0.5, 0.6) is 5.75 Å². The van der Waals surface area contributed by atoms with Crippen molar-refractivity contribution in [1.29, 1.82) is 0 Å². The van der Waals surface area contributed by atoms with Gasteiger partial charge < -0.3 is 14.6 Å². The van der Waals surface area contributed by atoms with Crippen LogP contribution in [0.4, 0.5) is 0 Å². The van der Waals surface area contributed by atoms with Gasteiger partial charge >= 0.3 is 0 Å². The number of benzene rings is 1. The van der Waals surface area contributed by atoms with E-state index < -0.39 is 0 Å². The van der Waals surface area contributed by atoms with E-state index in [-0.39, 0.29) is 12.0 Å². The van der Waals surface area contributed by atoms with E-state index in [2.05, 4.69) is 29.4 Å². The van der Waals surface area contributed by atoms with Crippen LogP contribution >= 0.6 is 11.8 Å². The number of thioether (sulfide) groups is 1. The molecule has 0 radical (unpaired) electrons. The zero-order valence-corrected chi connectivity index (χ0v) is 17.7. The molecule has 2 aromatic rings. The highest BCUT2D eigenvalue weighted by atomic mass is 32.2. The number of nitrogens with one attached hydrogen (secondary N) is 1. The lowest BCUT2D eigenvalue weighted by Crippen LogP contribution is -2.41. The first-order valence-electron chi connectivity index (χ1n) is 10.2. The average Bonchev–Trinajstić information content (AvgIpc) is 3.12. The molecule has 0 unspecified atom stereocenters. The highest BCUT2D eigenvalue weighted by Gasteiger charge is 2.24. The summed E-state index contributed by atoms with van der Waals surface area (Å²) in [6.07, 6.45) is 4.54. The Kier molecular flexibility index (Phi) is 7.36. The van der Waals surface area contributed by atoms with Gasteiger partial charge in [-0.3, -0.25) is 4.79 Å². The Bertz CT molecular complexity index is 765. The average molecular weight is 403 g/mol. The fourth-order valence-electron chi connectivity index (χ4n) is 3.67. The number of ether oxygens (including phenoxy) is 1. The second-order valence-electron chi connectivity index (χ2n) is 7.38. The fraction of sp³-hybridized carbons (Fsp3) is 0.571. The zero-order valence-electron chi connectivity index (χ0n) is 16.9. The maximum atomic E-state index is 12.4. The summed E-state index contributed by atoms with van der Waals surface area (Å²) in [5.74, 6) is 2.56. The number of amides is 1. The summed E-state index contributed by atoms with van der Waals surface area (Å²) < 4.78 is 8.00. The molecular formula is C21H30N4O2S. The molecule has 6 nitrogen and oxygen atoms in total. The molecule has 152 valence electrons. The second-order valence-corrected chi connectivity index (χ2v) is 8.33. The third-order valence-corrected chi connectivity index (χ3v) is 6.24. The number of para-hydroxylation sites is 1. The Morgan fingerprint density at radius 3 is 2.75 bits per heavy atom. The maximum absolute atomic E-state index is 12.4. The van der Waals surface area contributed by atoms with E-state index in [0.717, 1.165) is 29.7 Å². The van der Waals surface area contributed by atoms with Crippen LogP contribution in [0.15, 0.2) is 35.5 Å². The topological polar surface area (TPSA) is 69.0 Å². The first kappa shape index (κ1) is 20.7. The van der Waals surface area contributed by atoms with Gasteiger partial charge in [0.05, 0.1) is 5.75 Å². The van der Waals surface area contributed by atoms with Crippen molar-refractivity contribution >= 4 is 17.7 Å². The Hall–Kier alpha value is -2.02. The number of aromatic nitrogens is 3. The fourth-order valence-corrected chi connectivity index (χ4v) is 4.49. The van der Waals surface area contributed by atoms with E-state index in [0.29, 0.717) is 17.7 Å². The minimum atomic E-state index is -0.221. The van der Waals surface area contributed by atoms with Crippen LogP contribution in [0.25, 0.3) is 0 Å². The molecule has 1 saturated carbocycles. The smallest absolute Gasteiger partial charge is 0.230 e. The molecule has 1 aliphatic carbocycles. The lowest BCUT2D eigenvalue weighted by Gasteiger charge is -2.29. The van der Waals surface area contributed by atoms with E-state index in [1.165, 1.54) is 31.0 Å². The van der Waals surface area contributed by atoms with Crippen molar-refractivity contribution in [1.82, 2.24) is 20.1 Å². The predicted octanol–water partition coefficient (Wildman–Crippen LogP) is 4.23. The normalized spacial score (nSPS) is 20.5. The number of hydrogen-bond donors (Lipinski definition) is 1. The van der Waals surface area contributed by atoms with Crippen LogP contribution in [0.2, 0.25) is 0 Å². The third-order valence-electron chi connectivity index (χ3n) is 5.27. The lowest BCUT2D eigenvalue weighted by molar-refractivity contribution is -0.119. The molecule has 3 rings (SSSR count). The summed E-state index contributed by atoms with van der Waals surface area (Å²) in [6.45, 7) is 6.98. The van der Waals surface area contributed by atoms with Gasteiger partial charge in [-0.05, 0) is 44.7 Å². The Labute approximate surface area is 171 Å². The number of carbonyl (C=O) groups excluding carboxylic acids is 1. The van der Waals surface area contributed by atoms with Crippen LogP contribution in [0.3, 0.4) is 0 Å². The standard InChI is InChI=1S/C21H30N4O2S/c1-4-25-20(16(3)27-17-11-6-5-7-12-17)23-24-21(25)28-14-19(26)22-18-13-9-8-10-15(18)2/h5-7,11-12,15-16,18H,4,8-10,13-14H2,1-3H3,(H,22,26)/t15-,16+,18-/m1/s1. The van der Waals surface area contributed by atoms with E-state index in [4.69, 9.17) is 4.74 Å². The van der Waals surface area contributed by atoms with Gasteiger partial charge in [0.1, 0.15) is 5.75 Å². The summed E-state index contributed by atoms with van der Waals surface area (Å²) >= 11 is 1.44. The van der Waals surface area contributed by atoms with Gasteiger partial charge in [-0.25, -0.2) is 0 Å². The molecule has 1 aliphatic rings. The van der Waals surface area contributed by atoms with Crippen molar-refractivity contribution < 1.29 is 9.53 Å². The second kappa shape index (κ2) is 9.96. The van der Waals surface area contributed by atoms with Crippen LogP contribution in [-0.4, -0.2) is 32.5 Å². The molecule has 28 heavy (non-hydrogen) atoms. The molecule has 0 bridgehead atoms. The summed E-state index contributed by atoms with van der Waals surface area (Å²) in [5.41, 5.74) is 0. The predicted molar refractivity (Wildman–Crippen MR) is 111 cm³/mol. The Balaban J connectivity index is 1.58. The van der Waals surface area contributed by atoms with Gasteiger partial charge in [0, 0.05) is 12.6 Å². The third kappa shape index (κ3) is 5.28. The molecule has 0 saturated heterocycles. The quantitative estimate of drug-likeness (QED) is 0.670. The first-order chi connectivity index (χ1) is 13.6. The van der Waals surface area contributed by atoms with Crippen molar-refractivity contribution in [2.45, 2.75) is 70.3 Å². The number of rotatable bonds is 8. The first-order valence-corrected chi connectivity index (χ1v) is 11.1. The van der Waals surface area contributed by atoms with Gasteiger partial charge in [-0.2, -0.15) is 0 Å². The summed E-state index contributed by atoms with van der Waals surface area (Å²) in [6, 6.07) is 10.0. The van der Waals surface area contributed by atoms with Crippen LogP contribution in [-0.2, 0) is 11.3 Å². The largest absolute Gasteiger partial charge is 0.483 e. The van der Waals surface area contributed by atoms with Gasteiger partial charge in [0.15, 0.2) is 17.1 Å². The molecule has 1 aromatic carbocycles. The van der Waals surface area contributed by atoms with Gasteiger partial charge in [0.25, 0.3) is 0 Å². The molecule has 0 aliphatic heterocycles. The SMILES string of the molecule is CCn1c(SCC(=O)N[C@@H]2CCCC[C@H]2C)nnc1[C@H](C)Oc1ccccc1. The summed E-state index contributed by atoms with van der Waals surface area (Å²) in [5, 5.41) is 12.6. The van der Waals surface area contributed by atoms with Gasteiger partial charge in [0.2, 0.25) is 5.91 Å². The molecular weight excluding hydrogens is 372 g/mol. The number of hydrogen-bond acceptors (Lipinski definition) is 5. The molecule has 0 spiro atoms. The van der Waals surface area contributed by atoms with Crippen molar-refractivity contribution in [3.05, 3.63) is 36.2 Å². The van der Waals surface area contributed by atoms with Crippen LogP contribution < -0.4 is 10.1 Å². The number of nitrogens with zero attached hydrogens (tertiary/aromatic N) is 3. The highest BCUT2D eigenvalue weighted by molar-refractivity contribution is 7.99. The highest BCUT2D eigenvalue weighted by Crippen LogP contribution is 2.26. The molecule has 1 amide bonds. The Morgan fingerprint density at radius 1 is 1.29 bits per heavy atom. The van der Waals surface area contributed by atoms with Crippen molar-refractivity contribution in [3.63, 3.8) is 0 Å². The number of carbonyl (C=O) groups is 1. The van der Waals surface area contributed by atoms with Crippen LogP contribution in [0.1, 0.15) is 58.4 Å². The van der Waals surface area contributed by atoms with Gasteiger partial charge in [-0.15, -0.1) is 10.2 Å². The molecule has 1 fully saturated rings. The molecule has 1 heterocycles. The van der Waals surface area contributed by atoms with E-state index >= 15 is 0 Å². The minimum absolute atomic E-state index is 0.0736. The summed E-state index contributed by atoms with van der Waals surface area (Å²) in [4.78, 5) is 12.4. The maximum Gasteiger partial charge on any atom is 0.230 e. The van der Waals surface area contributed by atoms with Crippen molar-refractivity contribution in [3.8, 4) is 5.75 Å². The van der Waals surface area contributed by atoms with Crippen molar-refractivity contribution in [2.75, 3.05) is 5.75 Å². The van der Waals surface area contributed by atoms with E-state index in [9.17, 15) is 4.79 Å². The molecule has 3 atom stereocenters. The van der Waals surface area contributed by atoms with Crippen molar-refractivity contribution in [2.24, 2.45) is 5.92 Å². The molecule has 1 N–H and O–H groups in total. The van der Waals surface area contributed by atoms with Gasteiger partial charge in [-0.1, -0.05) is 49.7 Å². The Morgan fingerprint density at radius 2 is 2.04 bits per heavy atom. The lowest BCUT2D eigenvalue weighted by atomic mass is 9.86. The molecule has 1 aromatic heterocycles. The zero-order chi connectivity index (χ0) is 19.9. The minimum Gasteiger partial charge on any atom is -0.483 e. The van der Waals surface area contributed by atoms with Crippen LogP contribution in [0, 0.1) is 5.92 Å². The monoisotopic (exact) mass is 402 g/mol. The van der Waals surface area contributed by atoms with E-state index in [1.54, 1.807) is 0 Å².